The number of thioether (sulfide) groups is 1. The van der Waals surface area contributed by atoms with Gasteiger partial charge in [0.05, 0.1) is 5.92 Å². The van der Waals surface area contributed by atoms with E-state index in [9.17, 15) is 4.79 Å². The summed E-state index contributed by atoms with van der Waals surface area (Å²) in [4.78, 5) is 12.9. The zero-order valence-electron chi connectivity index (χ0n) is 11.3. The first kappa shape index (κ1) is 14.4. The Hall–Kier alpha value is -1.00. The van der Waals surface area contributed by atoms with Crippen LogP contribution in [0.2, 0.25) is 0 Å². The first-order valence-corrected chi connectivity index (χ1v) is 7.94. The molecule has 2 rings (SSSR count). The summed E-state index contributed by atoms with van der Waals surface area (Å²) in [6.07, 6.45) is 4.96. The van der Waals surface area contributed by atoms with Crippen molar-refractivity contribution in [3.05, 3.63) is 29.8 Å². The minimum absolute atomic E-state index is 0.168. The lowest BCUT2D eigenvalue weighted by Gasteiger charge is -2.25. The molecule has 0 aliphatic carbocycles. The van der Waals surface area contributed by atoms with Crippen molar-refractivity contribution in [2.45, 2.75) is 30.1 Å². The van der Waals surface area contributed by atoms with Gasteiger partial charge in [0, 0.05) is 18.1 Å². The molecular formula is C15H21NO2S. The van der Waals surface area contributed by atoms with E-state index in [2.05, 4.69) is 12.1 Å². The Balaban J connectivity index is 2.07. The van der Waals surface area contributed by atoms with E-state index in [0.717, 1.165) is 38.0 Å². The largest absolute Gasteiger partial charge is 0.381 e. The number of amides is 1. The smallest absolute Gasteiger partial charge is 0.224 e. The molecule has 1 amide bonds. The van der Waals surface area contributed by atoms with Gasteiger partial charge in [0.15, 0.2) is 0 Å². The van der Waals surface area contributed by atoms with E-state index in [4.69, 9.17) is 10.5 Å². The van der Waals surface area contributed by atoms with Gasteiger partial charge in [-0.25, -0.2) is 0 Å². The van der Waals surface area contributed by atoms with Crippen molar-refractivity contribution in [1.29, 1.82) is 0 Å². The van der Waals surface area contributed by atoms with E-state index in [0.29, 0.717) is 5.92 Å². The molecule has 1 aliphatic rings. The summed E-state index contributed by atoms with van der Waals surface area (Å²) in [6.45, 7) is 1.61. The third kappa shape index (κ3) is 3.98. The predicted molar refractivity (Wildman–Crippen MR) is 78.3 cm³/mol. The summed E-state index contributed by atoms with van der Waals surface area (Å²) in [5, 5.41) is 0. The lowest BCUT2D eigenvalue weighted by Crippen LogP contribution is -2.26. The number of nitrogens with two attached hydrogens (primary N) is 1. The lowest BCUT2D eigenvalue weighted by atomic mass is 9.85. The highest BCUT2D eigenvalue weighted by molar-refractivity contribution is 7.98. The second-order valence-electron chi connectivity index (χ2n) is 5.02. The molecule has 0 saturated carbocycles. The van der Waals surface area contributed by atoms with Gasteiger partial charge in [-0.15, -0.1) is 11.8 Å². The normalized spacial score (nSPS) is 18.2. The Kier molecular flexibility index (Phi) is 5.28. The van der Waals surface area contributed by atoms with Gasteiger partial charge >= 0.3 is 0 Å². The van der Waals surface area contributed by atoms with Crippen LogP contribution in [-0.2, 0) is 9.53 Å². The van der Waals surface area contributed by atoms with Gasteiger partial charge in [-0.2, -0.15) is 0 Å². The molecule has 0 bridgehead atoms. The Bertz CT molecular complexity index is 413. The van der Waals surface area contributed by atoms with Crippen LogP contribution < -0.4 is 5.73 Å². The van der Waals surface area contributed by atoms with Crippen LogP contribution in [0.3, 0.4) is 0 Å². The molecule has 1 fully saturated rings. The Morgan fingerprint density at radius 3 is 2.53 bits per heavy atom. The van der Waals surface area contributed by atoms with Crippen LogP contribution in [0, 0.1) is 5.92 Å². The summed E-state index contributed by atoms with van der Waals surface area (Å²) in [5.41, 5.74) is 6.62. The third-order valence-electron chi connectivity index (χ3n) is 3.77. The minimum atomic E-state index is -0.219. The zero-order valence-corrected chi connectivity index (χ0v) is 12.1. The average molecular weight is 279 g/mol. The van der Waals surface area contributed by atoms with Gasteiger partial charge in [-0.05, 0) is 49.1 Å². The van der Waals surface area contributed by atoms with Gasteiger partial charge in [-0.3, -0.25) is 4.79 Å². The van der Waals surface area contributed by atoms with Gasteiger partial charge < -0.3 is 10.5 Å². The van der Waals surface area contributed by atoms with Gasteiger partial charge in [0.2, 0.25) is 5.91 Å². The topological polar surface area (TPSA) is 52.3 Å². The first-order valence-electron chi connectivity index (χ1n) is 6.71. The Morgan fingerprint density at radius 2 is 2.00 bits per heavy atom. The highest BCUT2D eigenvalue weighted by atomic mass is 32.2. The van der Waals surface area contributed by atoms with Crippen LogP contribution in [0.15, 0.2) is 29.2 Å². The van der Waals surface area contributed by atoms with E-state index in [1.54, 1.807) is 11.8 Å². The monoisotopic (exact) mass is 279 g/mol. The molecule has 1 saturated heterocycles. The fraction of sp³-hybridized carbons (Fsp3) is 0.533. The molecule has 4 heteroatoms. The van der Waals surface area contributed by atoms with Gasteiger partial charge in [-0.1, -0.05) is 12.1 Å². The highest BCUT2D eigenvalue weighted by Crippen LogP contribution is 2.30. The van der Waals surface area contributed by atoms with Gasteiger partial charge in [0.1, 0.15) is 0 Å². The van der Waals surface area contributed by atoms with Crippen LogP contribution in [0.25, 0.3) is 0 Å². The number of primary amides is 1. The maximum absolute atomic E-state index is 11.7. The molecule has 104 valence electrons. The first-order chi connectivity index (χ1) is 9.20. The minimum Gasteiger partial charge on any atom is -0.381 e. The molecule has 2 N–H and O–H groups in total. The van der Waals surface area contributed by atoms with E-state index >= 15 is 0 Å². The summed E-state index contributed by atoms with van der Waals surface area (Å²) in [7, 11) is 0. The molecule has 1 unspecified atom stereocenters. The standard InChI is InChI=1S/C15H21NO2S/c1-19-13-4-2-12(3-5-13)14(15(16)17)10-11-6-8-18-9-7-11/h2-5,11,14H,6-10H2,1H3,(H2,16,17). The molecule has 1 atom stereocenters. The number of carbonyl (C=O) groups is 1. The van der Waals surface area contributed by atoms with Crippen molar-refractivity contribution in [1.82, 2.24) is 0 Å². The molecule has 0 radical (unpaired) electrons. The Morgan fingerprint density at radius 1 is 1.37 bits per heavy atom. The van der Waals surface area contributed by atoms with Crippen molar-refractivity contribution in [2.75, 3.05) is 19.5 Å². The van der Waals surface area contributed by atoms with Crippen LogP contribution in [0.5, 0.6) is 0 Å². The molecule has 1 aromatic rings. The molecule has 0 spiro atoms. The van der Waals surface area contributed by atoms with Crippen LogP contribution >= 0.6 is 11.8 Å². The number of carbonyl (C=O) groups excluding carboxylic acids is 1. The second-order valence-corrected chi connectivity index (χ2v) is 5.90. The summed E-state index contributed by atoms with van der Waals surface area (Å²) in [6, 6.07) is 8.17. The maximum atomic E-state index is 11.7. The molecule has 0 aromatic heterocycles. The summed E-state index contributed by atoms with van der Waals surface area (Å²) < 4.78 is 5.36. The van der Waals surface area contributed by atoms with Crippen LogP contribution in [-0.4, -0.2) is 25.4 Å². The van der Waals surface area contributed by atoms with Gasteiger partial charge in [0.25, 0.3) is 0 Å². The quantitative estimate of drug-likeness (QED) is 0.843. The number of hydrogen-bond donors (Lipinski definition) is 1. The Labute approximate surface area is 118 Å². The zero-order chi connectivity index (χ0) is 13.7. The van der Waals surface area contributed by atoms with E-state index in [1.165, 1.54) is 4.90 Å². The summed E-state index contributed by atoms with van der Waals surface area (Å²) >= 11 is 1.70. The molecular weight excluding hydrogens is 258 g/mol. The molecule has 1 heterocycles. The number of rotatable bonds is 5. The van der Waals surface area contributed by atoms with Crippen molar-refractivity contribution < 1.29 is 9.53 Å². The number of hydrogen-bond acceptors (Lipinski definition) is 3. The SMILES string of the molecule is CSc1ccc(C(CC2CCOCC2)C(N)=O)cc1. The fourth-order valence-electron chi connectivity index (χ4n) is 2.57. The predicted octanol–water partition coefficient (Wildman–Crippen LogP) is 2.79. The average Bonchev–Trinajstić information content (AvgIpc) is 2.46. The molecule has 3 nitrogen and oxygen atoms in total. The van der Waals surface area contributed by atoms with Crippen molar-refractivity contribution >= 4 is 17.7 Å². The third-order valence-corrected chi connectivity index (χ3v) is 4.52. The van der Waals surface area contributed by atoms with E-state index in [1.807, 2.05) is 18.4 Å². The van der Waals surface area contributed by atoms with Crippen molar-refractivity contribution in [2.24, 2.45) is 11.7 Å². The second kappa shape index (κ2) is 6.96. The fourth-order valence-corrected chi connectivity index (χ4v) is 2.98. The highest BCUT2D eigenvalue weighted by Gasteiger charge is 2.24. The van der Waals surface area contributed by atoms with Crippen LogP contribution in [0.4, 0.5) is 0 Å². The number of ether oxygens (including phenoxy) is 1. The van der Waals surface area contributed by atoms with Crippen molar-refractivity contribution in [3.63, 3.8) is 0 Å². The van der Waals surface area contributed by atoms with E-state index in [-0.39, 0.29) is 11.8 Å². The molecule has 1 aromatic carbocycles. The lowest BCUT2D eigenvalue weighted by molar-refractivity contribution is -0.120. The van der Waals surface area contributed by atoms with E-state index < -0.39 is 0 Å². The summed E-state index contributed by atoms with van der Waals surface area (Å²) in [5.74, 6) is 0.161. The molecule has 19 heavy (non-hydrogen) atoms. The molecule has 1 aliphatic heterocycles. The number of benzene rings is 1. The van der Waals surface area contributed by atoms with Crippen molar-refractivity contribution in [3.8, 4) is 0 Å². The van der Waals surface area contributed by atoms with Crippen LogP contribution in [0.1, 0.15) is 30.7 Å². The maximum Gasteiger partial charge on any atom is 0.224 e.